The van der Waals surface area contributed by atoms with Crippen LogP contribution in [0.3, 0.4) is 0 Å². The smallest absolute Gasteiger partial charge is 0.411 e. The highest BCUT2D eigenvalue weighted by Crippen LogP contribution is 2.27. The molecule has 1 N–H and O–H groups in total. The molecule has 1 rings (SSSR count). The van der Waals surface area contributed by atoms with Crippen molar-refractivity contribution in [1.82, 2.24) is 0 Å². The highest BCUT2D eigenvalue weighted by Gasteiger charge is 2.07. The first kappa shape index (κ1) is 12.8. The summed E-state index contributed by atoms with van der Waals surface area (Å²) < 4.78 is 10.9. The lowest BCUT2D eigenvalue weighted by atomic mass is 10.3. The number of methoxy groups -OCH3 is 1. The molecule has 0 saturated heterocycles. The van der Waals surface area contributed by atoms with E-state index in [-0.39, 0.29) is 6.10 Å². The van der Waals surface area contributed by atoms with Crippen molar-refractivity contribution in [3.63, 3.8) is 0 Å². The van der Waals surface area contributed by atoms with Gasteiger partial charge < -0.3 is 9.47 Å². The summed E-state index contributed by atoms with van der Waals surface area (Å²) >= 11 is 3.33. The van der Waals surface area contributed by atoms with Gasteiger partial charge in [0.25, 0.3) is 0 Å². The van der Waals surface area contributed by atoms with E-state index in [0.29, 0.717) is 11.4 Å². The molecule has 1 aromatic rings. The molecular weight excluding hydrogens is 274 g/mol. The molecule has 1 aromatic carbocycles. The minimum absolute atomic E-state index is 0.141. The zero-order valence-corrected chi connectivity index (χ0v) is 11.0. The van der Waals surface area contributed by atoms with Crippen LogP contribution < -0.4 is 10.1 Å². The predicted octanol–water partition coefficient (Wildman–Crippen LogP) is 3.41. The zero-order valence-electron chi connectivity index (χ0n) is 9.41. The molecule has 0 aliphatic carbocycles. The molecule has 0 aliphatic rings. The molecule has 5 heteroatoms. The fourth-order valence-electron chi connectivity index (χ4n) is 1.10. The van der Waals surface area contributed by atoms with Crippen molar-refractivity contribution in [2.75, 3.05) is 12.4 Å². The van der Waals surface area contributed by atoms with Crippen molar-refractivity contribution in [2.24, 2.45) is 0 Å². The maximum absolute atomic E-state index is 11.3. The maximum Gasteiger partial charge on any atom is 0.411 e. The summed E-state index contributed by atoms with van der Waals surface area (Å²) in [6.07, 6.45) is -0.614. The lowest BCUT2D eigenvalue weighted by Crippen LogP contribution is -2.17. The van der Waals surface area contributed by atoms with Crippen LogP contribution in [0, 0.1) is 0 Å². The largest absolute Gasteiger partial charge is 0.495 e. The summed E-state index contributed by atoms with van der Waals surface area (Å²) in [4.78, 5) is 11.3. The molecule has 16 heavy (non-hydrogen) atoms. The van der Waals surface area contributed by atoms with Crippen molar-refractivity contribution < 1.29 is 14.3 Å². The van der Waals surface area contributed by atoms with Gasteiger partial charge in [0.2, 0.25) is 0 Å². The van der Waals surface area contributed by atoms with Gasteiger partial charge in [-0.15, -0.1) is 0 Å². The van der Waals surface area contributed by atoms with Gasteiger partial charge in [0.05, 0.1) is 17.7 Å². The number of halogens is 1. The van der Waals surface area contributed by atoms with Crippen molar-refractivity contribution in [2.45, 2.75) is 20.0 Å². The number of ether oxygens (including phenoxy) is 2. The Morgan fingerprint density at radius 2 is 2.12 bits per heavy atom. The highest BCUT2D eigenvalue weighted by molar-refractivity contribution is 9.10. The molecule has 0 spiro atoms. The lowest BCUT2D eigenvalue weighted by molar-refractivity contribution is 0.130. The molecule has 0 unspecified atom stereocenters. The highest BCUT2D eigenvalue weighted by atomic mass is 79.9. The van der Waals surface area contributed by atoms with Crippen LogP contribution in [0.2, 0.25) is 0 Å². The summed E-state index contributed by atoms with van der Waals surface area (Å²) in [6, 6.07) is 5.27. The van der Waals surface area contributed by atoms with Crippen LogP contribution in [0.4, 0.5) is 10.5 Å². The van der Waals surface area contributed by atoms with E-state index in [1.54, 1.807) is 39.2 Å². The van der Waals surface area contributed by atoms with Gasteiger partial charge in [-0.05, 0) is 41.9 Å². The maximum atomic E-state index is 11.3. The molecule has 0 heterocycles. The molecule has 1 amide bonds. The van der Waals surface area contributed by atoms with E-state index < -0.39 is 6.09 Å². The Hall–Kier alpha value is -1.23. The molecule has 0 saturated carbocycles. The number of rotatable bonds is 3. The molecule has 0 radical (unpaired) electrons. The fourth-order valence-corrected chi connectivity index (χ4v) is 1.51. The summed E-state index contributed by atoms with van der Waals surface area (Å²) in [5, 5.41) is 2.61. The summed E-state index contributed by atoms with van der Waals surface area (Å²) in [5.41, 5.74) is 0.630. The van der Waals surface area contributed by atoms with E-state index >= 15 is 0 Å². The zero-order chi connectivity index (χ0) is 12.1. The molecule has 0 aliphatic heterocycles. The van der Waals surface area contributed by atoms with E-state index in [2.05, 4.69) is 21.2 Å². The number of carbonyl (C=O) groups excluding carboxylic acids is 1. The van der Waals surface area contributed by atoms with E-state index in [0.717, 1.165) is 4.47 Å². The van der Waals surface area contributed by atoms with Gasteiger partial charge in [-0.2, -0.15) is 0 Å². The number of hydrogen-bond acceptors (Lipinski definition) is 3. The Balaban J connectivity index is 2.71. The Morgan fingerprint density at radius 3 is 2.69 bits per heavy atom. The number of amides is 1. The number of anilines is 1. The normalized spacial score (nSPS) is 10.1. The van der Waals surface area contributed by atoms with Gasteiger partial charge in [0.15, 0.2) is 0 Å². The first-order valence-corrected chi connectivity index (χ1v) is 5.63. The van der Waals surface area contributed by atoms with Gasteiger partial charge in [-0.3, -0.25) is 5.32 Å². The van der Waals surface area contributed by atoms with Gasteiger partial charge in [0.1, 0.15) is 5.75 Å². The number of benzene rings is 1. The molecule has 0 aromatic heterocycles. The number of nitrogens with one attached hydrogen (secondary N) is 1. The lowest BCUT2D eigenvalue weighted by Gasteiger charge is -2.10. The first-order chi connectivity index (χ1) is 7.52. The van der Waals surface area contributed by atoms with Crippen molar-refractivity contribution in [1.29, 1.82) is 0 Å². The fraction of sp³-hybridized carbons (Fsp3) is 0.364. The first-order valence-electron chi connectivity index (χ1n) is 4.84. The van der Waals surface area contributed by atoms with E-state index in [4.69, 9.17) is 9.47 Å². The Bertz CT molecular complexity index is 379. The van der Waals surface area contributed by atoms with Crippen molar-refractivity contribution >= 4 is 27.7 Å². The standard InChI is InChI=1S/C11H14BrNO3/c1-7(2)16-11(14)13-8-4-5-9(12)10(6-8)15-3/h4-7H,1-3H3,(H,13,14). The van der Waals surface area contributed by atoms with Gasteiger partial charge >= 0.3 is 6.09 Å². The van der Waals surface area contributed by atoms with E-state index in [1.165, 1.54) is 0 Å². The summed E-state index contributed by atoms with van der Waals surface area (Å²) in [5.74, 6) is 0.655. The van der Waals surface area contributed by atoms with Crippen LogP contribution in [-0.4, -0.2) is 19.3 Å². The topological polar surface area (TPSA) is 47.6 Å². The molecule has 0 atom stereocenters. The van der Waals surface area contributed by atoms with Crippen molar-refractivity contribution in [3.8, 4) is 5.75 Å². The summed E-state index contributed by atoms with van der Waals surface area (Å²) in [6.45, 7) is 3.59. The number of hydrogen-bond donors (Lipinski definition) is 1. The Labute approximate surface area is 103 Å². The molecule has 0 fully saturated rings. The molecular formula is C11H14BrNO3. The van der Waals surface area contributed by atoms with E-state index in [9.17, 15) is 4.79 Å². The second-order valence-electron chi connectivity index (χ2n) is 3.43. The third-order valence-electron chi connectivity index (χ3n) is 1.74. The molecule has 88 valence electrons. The predicted molar refractivity (Wildman–Crippen MR) is 65.9 cm³/mol. The van der Waals surface area contributed by atoms with Crippen LogP contribution in [0.5, 0.6) is 5.75 Å². The SMILES string of the molecule is COc1cc(NC(=O)OC(C)C)ccc1Br. The van der Waals surface area contributed by atoms with E-state index in [1.807, 2.05) is 0 Å². The van der Waals surface area contributed by atoms with Crippen LogP contribution in [0.1, 0.15) is 13.8 Å². The van der Waals surface area contributed by atoms with Gasteiger partial charge in [-0.25, -0.2) is 4.79 Å². The monoisotopic (exact) mass is 287 g/mol. The van der Waals surface area contributed by atoms with Gasteiger partial charge in [-0.1, -0.05) is 0 Å². The third kappa shape index (κ3) is 3.73. The van der Waals surface area contributed by atoms with Crippen LogP contribution in [-0.2, 0) is 4.74 Å². The number of carbonyl (C=O) groups is 1. The van der Waals surface area contributed by atoms with Gasteiger partial charge in [0, 0.05) is 11.8 Å². The second kappa shape index (κ2) is 5.75. The summed E-state index contributed by atoms with van der Waals surface area (Å²) in [7, 11) is 1.57. The van der Waals surface area contributed by atoms with Crippen LogP contribution in [0.25, 0.3) is 0 Å². The van der Waals surface area contributed by atoms with Crippen LogP contribution >= 0.6 is 15.9 Å². The average molecular weight is 288 g/mol. The molecule has 0 bridgehead atoms. The quantitative estimate of drug-likeness (QED) is 0.927. The minimum Gasteiger partial charge on any atom is -0.495 e. The Kier molecular flexibility index (Phi) is 4.61. The van der Waals surface area contributed by atoms with Crippen LogP contribution in [0.15, 0.2) is 22.7 Å². The molecule has 4 nitrogen and oxygen atoms in total. The Morgan fingerprint density at radius 1 is 1.44 bits per heavy atom. The second-order valence-corrected chi connectivity index (χ2v) is 4.28. The third-order valence-corrected chi connectivity index (χ3v) is 2.40. The average Bonchev–Trinajstić information content (AvgIpc) is 2.19. The minimum atomic E-state index is -0.473. The van der Waals surface area contributed by atoms with Crippen molar-refractivity contribution in [3.05, 3.63) is 22.7 Å².